The molecule has 2 rings (SSSR count). The zero-order valence-corrected chi connectivity index (χ0v) is 12.3. The maximum absolute atomic E-state index is 12.3. The topological polar surface area (TPSA) is 69.6 Å². The third-order valence-corrected chi connectivity index (χ3v) is 3.64. The smallest absolute Gasteiger partial charge is 0.405 e. The van der Waals surface area contributed by atoms with E-state index >= 15 is 0 Å². The Morgan fingerprint density at radius 3 is 2.74 bits per heavy atom. The molecule has 0 bridgehead atoms. The van der Waals surface area contributed by atoms with Crippen LogP contribution in [-0.4, -0.2) is 47.6 Å². The van der Waals surface area contributed by atoms with Gasteiger partial charge in [-0.25, -0.2) is 0 Å². The molecule has 0 radical (unpaired) electrons. The summed E-state index contributed by atoms with van der Waals surface area (Å²) in [5.41, 5.74) is 0.279. The molecule has 126 valence electrons. The van der Waals surface area contributed by atoms with Crippen molar-refractivity contribution in [1.82, 2.24) is 10.2 Å². The molecule has 1 aromatic rings. The molecule has 1 saturated heterocycles. The maximum Gasteiger partial charge on any atom is 0.405 e. The number of halogens is 3. The molecule has 1 aromatic carbocycles. The minimum absolute atomic E-state index is 0.0488. The molecule has 8 heteroatoms. The molecule has 0 spiro atoms. The van der Waals surface area contributed by atoms with Gasteiger partial charge in [0.05, 0.1) is 5.92 Å². The van der Waals surface area contributed by atoms with Crippen LogP contribution in [0.4, 0.5) is 13.2 Å². The number of nitrogens with zero attached hydrogens (tertiary/aromatic N) is 1. The second-order valence-corrected chi connectivity index (χ2v) is 5.47. The minimum Gasteiger partial charge on any atom is -0.508 e. The van der Waals surface area contributed by atoms with Crippen molar-refractivity contribution in [2.24, 2.45) is 5.92 Å². The molecule has 1 atom stereocenters. The van der Waals surface area contributed by atoms with Crippen LogP contribution in [0.25, 0.3) is 0 Å². The number of phenols is 1. The lowest BCUT2D eigenvalue weighted by molar-refractivity contribution is -0.141. The van der Waals surface area contributed by atoms with Gasteiger partial charge in [0.15, 0.2) is 0 Å². The normalized spacial score (nSPS) is 18.6. The van der Waals surface area contributed by atoms with Crippen LogP contribution in [0.15, 0.2) is 24.3 Å². The summed E-state index contributed by atoms with van der Waals surface area (Å²) >= 11 is 0. The van der Waals surface area contributed by atoms with Gasteiger partial charge in [0.2, 0.25) is 5.91 Å². The van der Waals surface area contributed by atoms with Crippen molar-refractivity contribution in [2.75, 3.05) is 19.6 Å². The zero-order valence-electron chi connectivity index (χ0n) is 12.3. The Bertz CT molecular complexity index is 590. The number of amides is 2. The van der Waals surface area contributed by atoms with Gasteiger partial charge in [-0.15, -0.1) is 0 Å². The molecule has 1 heterocycles. The Morgan fingerprint density at radius 2 is 2.09 bits per heavy atom. The molecule has 0 aromatic heterocycles. The number of phenolic OH excluding ortho intramolecular Hbond substituents is 1. The number of carbonyl (C=O) groups excluding carboxylic acids is 2. The van der Waals surface area contributed by atoms with Crippen LogP contribution < -0.4 is 5.32 Å². The number of aromatic hydroxyl groups is 1. The lowest BCUT2D eigenvalue weighted by Gasteiger charge is -2.32. The first-order chi connectivity index (χ1) is 10.8. The second-order valence-electron chi connectivity index (χ2n) is 5.47. The first kappa shape index (κ1) is 17.1. The number of carbonyl (C=O) groups is 2. The molecule has 23 heavy (non-hydrogen) atoms. The quantitative estimate of drug-likeness (QED) is 0.890. The third-order valence-electron chi connectivity index (χ3n) is 3.64. The van der Waals surface area contributed by atoms with Gasteiger partial charge in [-0.3, -0.25) is 9.59 Å². The van der Waals surface area contributed by atoms with Crippen molar-refractivity contribution < 1.29 is 27.9 Å². The largest absolute Gasteiger partial charge is 0.508 e. The summed E-state index contributed by atoms with van der Waals surface area (Å²) in [5, 5.41) is 11.3. The molecule has 1 aliphatic rings. The number of alkyl halides is 3. The first-order valence-corrected chi connectivity index (χ1v) is 7.19. The fourth-order valence-corrected chi connectivity index (χ4v) is 2.53. The number of rotatable bonds is 3. The van der Waals surface area contributed by atoms with E-state index < -0.39 is 24.5 Å². The van der Waals surface area contributed by atoms with Gasteiger partial charge in [0.1, 0.15) is 12.3 Å². The highest BCUT2D eigenvalue weighted by molar-refractivity contribution is 5.95. The highest BCUT2D eigenvalue weighted by Gasteiger charge is 2.32. The Hall–Kier alpha value is -2.25. The fraction of sp³-hybridized carbons (Fsp3) is 0.467. The molecular weight excluding hydrogens is 313 g/mol. The summed E-state index contributed by atoms with van der Waals surface area (Å²) in [4.78, 5) is 25.6. The van der Waals surface area contributed by atoms with Crippen molar-refractivity contribution in [1.29, 1.82) is 0 Å². The van der Waals surface area contributed by atoms with E-state index in [-0.39, 0.29) is 23.8 Å². The lowest BCUT2D eigenvalue weighted by atomic mass is 9.96. The van der Waals surface area contributed by atoms with Crippen molar-refractivity contribution >= 4 is 11.8 Å². The molecule has 1 aliphatic heterocycles. The van der Waals surface area contributed by atoms with Gasteiger partial charge in [-0.2, -0.15) is 13.2 Å². The van der Waals surface area contributed by atoms with E-state index in [1.54, 1.807) is 0 Å². The maximum atomic E-state index is 12.3. The summed E-state index contributed by atoms with van der Waals surface area (Å²) in [5.74, 6) is -1.76. The van der Waals surface area contributed by atoms with E-state index in [1.807, 2.05) is 5.32 Å². The third kappa shape index (κ3) is 4.87. The highest BCUT2D eigenvalue weighted by Crippen LogP contribution is 2.21. The van der Waals surface area contributed by atoms with Gasteiger partial charge in [-0.05, 0) is 31.0 Å². The van der Waals surface area contributed by atoms with Crippen molar-refractivity contribution in [3.63, 3.8) is 0 Å². The van der Waals surface area contributed by atoms with Crippen LogP contribution in [0.5, 0.6) is 5.75 Å². The summed E-state index contributed by atoms with van der Waals surface area (Å²) in [6.07, 6.45) is -3.48. The standard InChI is InChI=1S/C15H17F3N2O3/c16-15(17,18)9-19-13(22)11-4-2-6-20(8-11)14(23)10-3-1-5-12(21)7-10/h1,3,5,7,11,21H,2,4,6,8-9H2,(H,19,22). The molecule has 1 unspecified atom stereocenters. The van der Waals surface area contributed by atoms with Gasteiger partial charge in [-0.1, -0.05) is 6.07 Å². The summed E-state index contributed by atoms with van der Waals surface area (Å²) in [6.45, 7) is -0.876. The zero-order chi connectivity index (χ0) is 17.0. The van der Waals surface area contributed by atoms with Gasteiger partial charge in [0.25, 0.3) is 5.91 Å². The Balaban J connectivity index is 1.97. The Labute approximate surface area is 131 Å². The van der Waals surface area contributed by atoms with Crippen LogP contribution in [0.3, 0.4) is 0 Å². The van der Waals surface area contributed by atoms with Crippen LogP contribution in [-0.2, 0) is 4.79 Å². The molecular formula is C15H17F3N2O3. The van der Waals surface area contributed by atoms with E-state index in [1.165, 1.54) is 29.2 Å². The van der Waals surface area contributed by atoms with E-state index in [0.29, 0.717) is 19.4 Å². The molecule has 1 fully saturated rings. The fourth-order valence-electron chi connectivity index (χ4n) is 2.53. The van der Waals surface area contributed by atoms with E-state index in [9.17, 15) is 27.9 Å². The average molecular weight is 330 g/mol. The average Bonchev–Trinajstić information content (AvgIpc) is 2.51. The summed E-state index contributed by atoms with van der Waals surface area (Å²) in [7, 11) is 0. The van der Waals surface area contributed by atoms with Crippen LogP contribution in [0.2, 0.25) is 0 Å². The summed E-state index contributed by atoms with van der Waals surface area (Å²) in [6, 6.07) is 5.81. The molecule has 2 N–H and O–H groups in total. The van der Waals surface area contributed by atoms with Gasteiger partial charge < -0.3 is 15.3 Å². The number of hydrogen-bond acceptors (Lipinski definition) is 3. The Morgan fingerprint density at radius 1 is 1.35 bits per heavy atom. The number of piperidine rings is 1. The minimum atomic E-state index is -4.46. The van der Waals surface area contributed by atoms with E-state index in [2.05, 4.69) is 0 Å². The Kier molecular flexibility index (Phi) is 5.12. The number of benzene rings is 1. The number of likely N-dealkylation sites (tertiary alicyclic amines) is 1. The molecule has 2 amide bonds. The number of hydrogen-bond donors (Lipinski definition) is 2. The monoisotopic (exact) mass is 330 g/mol. The van der Waals surface area contributed by atoms with Gasteiger partial charge in [0, 0.05) is 18.7 Å². The van der Waals surface area contributed by atoms with Crippen molar-refractivity contribution in [3.8, 4) is 5.75 Å². The highest BCUT2D eigenvalue weighted by atomic mass is 19.4. The lowest BCUT2D eigenvalue weighted by Crippen LogP contribution is -2.47. The van der Waals surface area contributed by atoms with Crippen molar-refractivity contribution in [2.45, 2.75) is 19.0 Å². The van der Waals surface area contributed by atoms with E-state index in [4.69, 9.17) is 0 Å². The van der Waals surface area contributed by atoms with E-state index in [0.717, 1.165) is 0 Å². The van der Waals surface area contributed by atoms with Crippen LogP contribution in [0, 0.1) is 5.92 Å². The number of nitrogens with one attached hydrogen (secondary N) is 1. The second kappa shape index (κ2) is 6.89. The summed E-state index contributed by atoms with van der Waals surface area (Å²) < 4.78 is 36.4. The van der Waals surface area contributed by atoms with Crippen molar-refractivity contribution in [3.05, 3.63) is 29.8 Å². The van der Waals surface area contributed by atoms with Crippen LogP contribution >= 0.6 is 0 Å². The molecule has 0 aliphatic carbocycles. The molecule has 5 nitrogen and oxygen atoms in total. The van der Waals surface area contributed by atoms with Crippen LogP contribution in [0.1, 0.15) is 23.2 Å². The predicted octanol–water partition coefficient (Wildman–Crippen LogP) is 1.92. The predicted molar refractivity (Wildman–Crippen MR) is 75.8 cm³/mol. The molecule has 0 saturated carbocycles. The van der Waals surface area contributed by atoms with Gasteiger partial charge >= 0.3 is 6.18 Å². The first-order valence-electron chi connectivity index (χ1n) is 7.19. The SMILES string of the molecule is O=C(NCC(F)(F)F)C1CCCN(C(=O)c2cccc(O)c2)C1.